The minimum Gasteiger partial charge on any atom is -0.0622 e. The highest BCUT2D eigenvalue weighted by molar-refractivity contribution is 9.10. The highest BCUT2D eigenvalue weighted by Crippen LogP contribution is 2.33. The summed E-state index contributed by atoms with van der Waals surface area (Å²) in [5.41, 5.74) is 9.13. The van der Waals surface area contributed by atoms with Gasteiger partial charge in [0.25, 0.3) is 0 Å². The molecule has 0 radical (unpaired) electrons. The van der Waals surface area contributed by atoms with E-state index in [1.165, 1.54) is 38.9 Å². The molecule has 0 heterocycles. The Labute approximate surface area is 211 Å². The van der Waals surface area contributed by atoms with Crippen LogP contribution in [-0.4, -0.2) is 0 Å². The van der Waals surface area contributed by atoms with Crippen molar-refractivity contribution < 1.29 is 0 Å². The van der Waals surface area contributed by atoms with Gasteiger partial charge in [-0.3, -0.25) is 0 Å². The Balaban J connectivity index is 1.43. The summed E-state index contributed by atoms with van der Waals surface area (Å²) in [6.07, 6.45) is 2.11. The van der Waals surface area contributed by atoms with E-state index in [0.29, 0.717) is 5.92 Å². The first-order valence-electron chi connectivity index (χ1n) is 11.8. The molecule has 1 heteroatoms. The largest absolute Gasteiger partial charge is 0.0622 e. The first-order chi connectivity index (χ1) is 16.8. The maximum atomic E-state index is 3.55. The van der Waals surface area contributed by atoms with Crippen LogP contribution in [0.2, 0.25) is 0 Å². The Morgan fingerprint density at radius 1 is 0.441 bits per heavy atom. The van der Waals surface area contributed by atoms with Crippen LogP contribution in [0.5, 0.6) is 0 Å². The van der Waals surface area contributed by atoms with Gasteiger partial charge in [0.15, 0.2) is 0 Å². The van der Waals surface area contributed by atoms with Crippen LogP contribution in [-0.2, 0) is 6.42 Å². The minimum atomic E-state index is 0.346. The summed E-state index contributed by atoms with van der Waals surface area (Å²) in [5, 5.41) is 0. The molecule has 0 unspecified atom stereocenters. The highest BCUT2D eigenvalue weighted by atomic mass is 79.9. The topological polar surface area (TPSA) is 0 Å². The van der Waals surface area contributed by atoms with Crippen LogP contribution in [0.15, 0.2) is 138 Å². The van der Waals surface area contributed by atoms with Crippen LogP contribution in [0, 0.1) is 0 Å². The van der Waals surface area contributed by atoms with Crippen molar-refractivity contribution in [1.82, 2.24) is 0 Å². The molecule has 0 bridgehead atoms. The molecule has 5 aromatic rings. The molecule has 0 aromatic heterocycles. The predicted molar refractivity (Wildman–Crippen MR) is 148 cm³/mol. The number of hydrogen-bond acceptors (Lipinski definition) is 0. The van der Waals surface area contributed by atoms with Gasteiger partial charge in [-0.2, -0.15) is 0 Å². The highest BCUT2D eigenvalue weighted by Gasteiger charge is 2.15. The van der Waals surface area contributed by atoms with E-state index >= 15 is 0 Å². The Kier molecular flexibility index (Phi) is 7.02. The molecule has 0 amide bonds. The van der Waals surface area contributed by atoms with E-state index in [9.17, 15) is 0 Å². The Bertz CT molecular complexity index is 1220. The minimum absolute atomic E-state index is 0.346. The average Bonchev–Trinajstić information content (AvgIpc) is 2.92. The monoisotopic (exact) mass is 502 g/mol. The molecule has 5 aromatic carbocycles. The predicted octanol–water partition coefficient (Wildman–Crippen LogP) is 9.55. The van der Waals surface area contributed by atoms with Gasteiger partial charge in [0.1, 0.15) is 0 Å². The molecule has 0 saturated carbocycles. The van der Waals surface area contributed by atoms with Crippen LogP contribution in [0.1, 0.15) is 29.0 Å². The van der Waals surface area contributed by atoms with E-state index in [-0.39, 0.29) is 0 Å². The van der Waals surface area contributed by atoms with Gasteiger partial charge in [-0.15, -0.1) is 0 Å². The maximum absolute atomic E-state index is 3.55. The van der Waals surface area contributed by atoms with Gasteiger partial charge in [0.05, 0.1) is 0 Å². The molecule has 0 fully saturated rings. The second kappa shape index (κ2) is 10.7. The van der Waals surface area contributed by atoms with Gasteiger partial charge in [0, 0.05) is 10.4 Å². The summed E-state index contributed by atoms with van der Waals surface area (Å²) < 4.78 is 1.13. The standard InChI is InChI=1S/C33H27Br/c34-32-22-11-25(12-23-32)13-24-33(30-18-14-28(15-19-30)26-7-3-1-4-8-26)31-20-16-29(17-21-31)27-9-5-2-6-10-27/h1-12,14-23,33H,13,24H2. The summed E-state index contributed by atoms with van der Waals surface area (Å²) in [6, 6.07) is 48.2. The summed E-state index contributed by atoms with van der Waals surface area (Å²) in [6.45, 7) is 0. The third kappa shape index (κ3) is 5.38. The van der Waals surface area contributed by atoms with Crippen LogP contribution < -0.4 is 0 Å². The lowest BCUT2D eigenvalue weighted by Gasteiger charge is -2.19. The molecule has 34 heavy (non-hydrogen) atoms. The van der Waals surface area contributed by atoms with Crippen LogP contribution >= 0.6 is 15.9 Å². The number of hydrogen-bond donors (Lipinski definition) is 0. The molecular weight excluding hydrogens is 476 g/mol. The van der Waals surface area contributed by atoms with Gasteiger partial charge >= 0.3 is 0 Å². The van der Waals surface area contributed by atoms with E-state index < -0.39 is 0 Å². The van der Waals surface area contributed by atoms with Crippen molar-refractivity contribution in [2.24, 2.45) is 0 Å². The Morgan fingerprint density at radius 2 is 0.853 bits per heavy atom. The summed E-state index contributed by atoms with van der Waals surface area (Å²) in [5.74, 6) is 0.346. The fourth-order valence-electron chi connectivity index (χ4n) is 4.56. The molecule has 0 aliphatic carbocycles. The van der Waals surface area contributed by atoms with Crippen LogP contribution in [0.25, 0.3) is 22.3 Å². The zero-order valence-corrected chi connectivity index (χ0v) is 20.7. The molecule has 0 spiro atoms. The van der Waals surface area contributed by atoms with Gasteiger partial charge in [-0.1, -0.05) is 137 Å². The second-order valence-electron chi connectivity index (χ2n) is 8.69. The summed E-state index contributed by atoms with van der Waals surface area (Å²) in [4.78, 5) is 0. The van der Waals surface area contributed by atoms with Crippen molar-refractivity contribution in [3.63, 3.8) is 0 Å². The number of halogens is 1. The van der Waals surface area contributed by atoms with E-state index in [4.69, 9.17) is 0 Å². The first kappa shape index (κ1) is 22.4. The first-order valence-corrected chi connectivity index (χ1v) is 12.6. The van der Waals surface area contributed by atoms with Crippen molar-refractivity contribution in [3.05, 3.63) is 155 Å². The Hall–Kier alpha value is -3.42. The summed E-state index contributed by atoms with van der Waals surface area (Å²) in [7, 11) is 0. The van der Waals surface area contributed by atoms with E-state index in [1.807, 2.05) is 0 Å². The van der Waals surface area contributed by atoms with Crippen molar-refractivity contribution in [3.8, 4) is 22.3 Å². The molecule has 5 rings (SSSR count). The third-order valence-electron chi connectivity index (χ3n) is 6.48. The lowest BCUT2D eigenvalue weighted by Crippen LogP contribution is -2.03. The SMILES string of the molecule is Brc1ccc(CCC(c2ccc(-c3ccccc3)cc2)c2ccc(-c3ccccc3)cc2)cc1. The van der Waals surface area contributed by atoms with E-state index in [1.54, 1.807) is 0 Å². The molecule has 0 atom stereocenters. The fourth-order valence-corrected chi connectivity index (χ4v) is 4.83. The maximum Gasteiger partial charge on any atom is 0.0175 e. The zero-order valence-electron chi connectivity index (χ0n) is 19.1. The smallest absolute Gasteiger partial charge is 0.0175 e. The Morgan fingerprint density at radius 3 is 1.29 bits per heavy atom. The number of aryl methyl sites for hydroxylation is 1. The quantitative estimate of drug-likeness (QED) is 0.207. The molecular formula is C33H27Br. The van der Waals surface area contributed by atoms with Crippen LogP contribution in [0.3, 0.4) is 0 Å². The fraction of sp³-hybridized carbons (Fsp3) is 0.0909. The van der Waals surface area contributed by atoms with Crippen molar-refractivity contribution in [1.29, 1.82) is 0 Å². The normalized spacial score (nSPS) is 11.0. The van der Waals surface area contributed by atoms with E-state index in [0.717, 1.165) is 17.3 Å². The van der Waals surface area contributed by atoms with Gasteiger partial charge in [-0.05, 0) is 63.9 Å². The van der Waals surface area contributed by atoms with Crippen LogP contribution in [0.4, 0.5) is 0 Å². The lowest BCUT2D eigenvalue weighted by atomic mass is 9.85. The van der Waals surface area contributed by atoms with Crippen molar-refractivity contribution >= 4 is 15.9 Å². The molecule has 0 saturated heterocycles. The molecule has 0 aliphatic heterocycles. The average molecular weight is 503 g/mol. The molecule has 0 aliphatic rings. The lowest BCUT2D eigenvalue weighted by molar-refractivity contribution is 0.715. The van der Waals surface area contributed by atoms with E-state index in [2.05, 4.69) is 149 Å². The van der Waals surface area contributed by atoms with Gasteiger partial charge in [0.2, 0.25) is 0 Å². The van der Waals surface area contributed by atoms with Gasteiger partial charge in [-0.25, -0.2) is 0 Å². The molecule has 166 valence electrons. The summed E-state index contributed by atoms with van der Waals surface area (Å²) >= 11 is 3.55. The molecule has 0 nitrogen and oxygen atoms in total. The second-order valence-corrected chi connectivity index (χ2v) is 9.61. The zero-order chi connectivity index (χ0) is 23.2. The van der Waals surface area contributed by atoms with Crippen molar-refractivity contribution in [2.75, 3.05) is 0 Å². The molecule has 0 N–H and O–H groups in total. The number of benzene rings is 5. The van der Waals surface area contributed by atoms with Crippen molar-refractivity contribution in [2.45, 2.75) is 18.8 Å². The third-order valence-corrected chi connectivity index (χ3v) is 7.00. The van der Waals surface area contributed by atoms with Gasteiger partial charge < -0.3 is 0 Å². The number of rotatable bonds is 7.